The molecule has 104 valence electrons. The molecule has 0 radical (unpaired) electrons. The van der Waals surface area contributed by atoms with E-state index in [0.717, 1.165) is 12.1 Å². The van der Waals surface area contributed by atoms with Gasteiger partial charge in [0.05, 0.1) is 4.92 Å². The summed E-state index contributed by atoms with van der Waals surface area (Å²) in [6.07, 6.45) is 0. The number of nitrogens with zero attached hydrogens (tertiary/aromatic N) is 1. The van der Waals surface area contributed by atoms with Crippen LogP contribution in [0, 0.1) is 10.1 Å². The molecule has 0 aliphatic carbocycles. The van der Waals surface area contributed by atoms with Crippen molar-refractivity contribution in [3.05, 3.63) is 58.6 Å². The van der Waals surface area contributed by atoms with Gasteiger partial charge in [0, 0.05) is 0 Å². The smallest absolute Gasteiger partial charge is 0.450 e. The van der Waals surface area contributed by atoms with E-state index in [-0.39, 0.29) is 57.1 Å². The summed E-state index contributed by atoms with van der Waals surface area (Å²) in [5, 5.41) is 10.9. The van der Waals surface area contributed by atoms with Gasteiger partial charge in [0.25, 0.3) is 0 Å². The van der Waals surface area contributed by atoms with E-state index in [1.165, 1.54) is 0 Å². The first-order chi connectivity index (χ1) is 9.38. The van der Waals surface area contributed by atoms with Crippen LogP contribution in [0.3, 0.4) is 0 Å². The normalized spacial score (nSPS) is 10.6. The number of para-hydroxylation sites is 1. The van der Waals surface area contributed by atoms with Crippen LogP contribution in [0.4, 0.5) is 18.6 Å². The maximum Gasteiger partial charge on any atom is 1.00 e. The summed E-state index contributed by atoms with van der Waals surface area (Å²) >= 11 is 0. The molecule has 0 aliphatic heterocycles. The summed E-state index contributed by atoms with van der Waals surface area (Å²) in [5.74, 6) is 0.0749. The summed E-state index contributed by atoms with van der Waals surface area (Å²) in [6, 6.07) is 10.3. The van der Waals surface area contributed by atoms with Crippen molar-refractivity contribution >= 4 is 18.1 Å². The van der Waals surface area contributed by atoms with Crippen LogP contribution in [0.1, 0.15) is 0 Å². The summed E-state index contributed by atoms with van der Waals surface area (Å²) in [6.45, 7) is -5.29. The minimum Gasteiger partial charge on any atom is -0.450 e. The SMILES string of the molecule is O=[N+]([O-])c1cc([B-](F)(F)F)ccc1Oc1ccccc1.[K+]. The Labute approximate surface area is 160 Å². The first-order valence-corrected chi connectivity index (χ1v) is 5.59. The number of nitro benzene ring substituents is 1. The van der Waals surface area contributed by atoms with Gasteiger partial charge in [-0.1, -0.05) is 24.3 Å². The molecule has 2 aromatic carbocycles. The minimum absolute atomic E-state index is 0. The van der Waals surface area contributed by atoms with Crippen molar-refractivity contribution in [2.75, 3.05) is 0 Å². The Balaban J connectivity index is 0.00000220. The molecule has 2 aromatic rings. The Hall–Kier alpha value is -0.869. The molecule has 0 bridgehead atoms. The predicted molar refractivity (Wildman–Crippen MR) is 68.3 cm³/mol. The van der Waals surface area contributed by atoms with Crippen LogP contribution in [0.5, 0.6) is 11.5 Å². The van der Waals surface area contributed by atoms with Gasteiger partial charge >= 0.3 is 64.0 Å². The third-order valence-electron chi connectivity index (χ3n) is 2.53. The van der Waals surface area contributed by atoms with Gasteiger partial charge in [-0.2, -0.15) is 0 Å². The number of halogens is 3. The Morgan fingerprint density at radius 2 is 1.67 bits per heavy atom. The average molecular weight is 321 g/mol. The van der Waals surface area contributed by atoms with Crippen LogP contribution < -0.4 is 61.6 Å². The molecule has 0 aliphatic rings. The van der Waals surface area contributed by atoms with Crippen molar-refractivity contribution in [2.45, 2.75) is 0 Å². The van der Waals surface area contributed by atoms with Crippen molar-refractivity contribution in [2.24, 2.45) is 0 Å². The van der Waals surface area contributed by atoms with Crippen LogP contribution >= 0.6 is 0 Å². The van der Waals surface area contributed by atoms with Crippen LogP contribution in [-0.2, 0) is 0 Å². The predicted octanol–water partition coefficient (Wildman–Crippen LogP) is 0.446. The fourth-order valence-electron chi connectivity index (χ4n) is 1.58. The van der Waals surface area contributed by atoms with Crippen molar-refractivity contribution in [1.82, 2.24) is 0 Å². The Morgan fingerprint density at radius 3 is 2.19 bits per heavy atom. The van der Waals surface area contributed by atoms with Crippen LogP contribution in [0.25, 0.3) is 0 Å². The van der Waals surface area contributed by atoms with E-state index in [1.807, 2.05) is 0 Å². The second-order valence-corrected chi connectivity index (χ2v) is 3.97. The molecule has 9 heteroatoms. The second kappa shape index (κ2) is 7.41. The first kappa shape index (κ1) is 18.2. The van der Waals surface area contributed by atoms with Crippen molar-refractivity contribution in [3.63, 3.8) is 0 Å². The van der Waals surface area contributed by atoms with Crippen LogP contribution in [-0.4, -0.2) is 11.9 Å². The third-order valence-corrected chi connectivity index (χ3v) is 2.53. The summed E-state index contributed by atoms with van der Waals surface area (Å²) in [4.78, 5) is 9.96. The molecule has 0 atom stereocenters. The maximum atomic E-state index is 12.6. The van der Waals surface area contributed by atoms with Gasteiger partial charge < -0.3 is 17.7 Å². The number of ether oxygens (including phenoxy) is 1. The van der Waals surface area contributed by atoms with Gasteiger partial charge in [-0.25, -0.2) is 0 Å². The van der Waals surface area contributed by atoms with Crippen LogP contribution in [0.15, 0.2) is 48.5 Å². The largest absolute Gasteiger partial charge is 1.00 e. The zero-order valence-corrected chi connectivity index (χ0v) is 14.1. The molecule has 4 nitrogen and oxygen atoms in total. The standard InChI is InChI=1S/C12H8BF3NO3.K/c14-13(15,16)9-6-7-12(11(8-9)17(18)19)20-10-4-2-1-3-5-10;/h1-8H;/q-1;+1. The van der Waals surface area contributed by atoms with Gasteiger partial charge in [0.15, 0.2) is 0 Å². The Morgan fingerprint density at radius 1 is 1.05 bits per heavy atom. The van der Waals surface area contributed by atoms with Gasteiger partial charge in [0.1, 0.15) is 5.75 Å². The zero-order valence-electron chi connectivity index (χ0n) is 11.0. The summed E-state index contributed by atoms with van der Waals surface area (Å²) < 4.78 is 43.0. The number of hydrogen-bond acceptors (Lipinski definition) is 3. The van der Waals surface area contributed by atoms with Crippen molar-refractivity contribution in [3.8, 4) is 11.5 Å². The number of nitro groups is 1. The zero-order chi connectivity index (χ0) is 14.8. The molecule has 0 fully saturated rings. The average Bonchev–Trinajstić information content (AvgIpc) is 2.38. The number of hydrogen-bond donors (Lipinski definition) is 0. The molecule has 21 heavy (non-hydrogen) atoms. The minimum atomic E-state index is -5.29. The quantitative estimate of drug-likeness (QED) is 0.467. The Kier molecular flexibility index (Phi) is 6.42. The Bertz CT molecular complexity index is 637. The third kappa shape index (κ3) is 4.82. The second-order valence-electron chi connectivity index (χ2n) is 3.97. The van der Waals surface area contributed by atoms with Gasteiger partial charge in [-0.15, -0.1) is 5.46 Å². The summed E-state index contributed by atoms with van der Waals surface area (Å²) in [5.41, 5.74) is -1.75. The molecule has 0 saturated heterocycles. The van der Waals surface area contributed by atoms with E-state index in [9.17, 15) is 23.1 Å². The monoisotopic (exact) mass is 321 g/mol. The molecule has 0 aromatic heterocycles. The van der Waals surface area contributed by atoms with Gasteiger partial charge in [-0.3, -0.25) is 10.1 Å². The van der Waals surface area contributed by atoms with Crippen molar-refractivity contribution < 1.29 is 74.0 Å². The molecule has 0 unspecified atom stereocenters. The fourth-order valence-corrected chi connectivity index (χ4v) is 1.58. The van der Waals surface area contributed by atoms with E-state index in [0.29, 0.717) is 11.8 Å². The van der Waals surface area contributed by atoms with Gasteiger partial charge in [0.2, 0.25) is 5.75 Å². The van der Waals surface area contributed by atoms with E-state index in [2.05, 4.69) is 0 Å². The molecule has 0 spiro atoms. The molecule has 0 saturated carbocycles. The topological polar surface area (TPSA) is 52.4 Å². The fraction of sp³-hybridized carbons (Fsp3) is 0. The summed E-state index contributed by atoms with van der Waals surface area (Å²) in [7, 11) is 0. The van der Waals surface area contributed by atoms with Crippen molar-refractivity contribution in [1.29, 1.82) is 0 Å². The molecular weight excluding hydrogens is 313 g/mol. The molecule has 0 amide bonds. The van der Waals surface area contributed by atoms with Crippen LogP contribution in [0.2, 0.25) is 0 Å². The van der Waals surface area contributed by atoms with E-state index in [1.54, 1.807) is 30.3 Å². The molecular formula is C12H8BF3KNO3. The van der Waals surface area contributed by atoms with E-state index < -0.39 is 23.1 Å². The van der Waals surface area contributed by atoms with E-state index >= 15 is 0 Å². The van der Waals surface area contributed by atoms with E-state index in [4.69, 9.17) is 4.74 Å². The van der Waals surface area contributed by atoms with Gasteiger partial charge in [-0.05, 0) is 24.3 Å². The maximum absolute atomic E-state index is 12.6. The first-order valence-electron chi connectivity index (χ1n) is 5.59. The molecule has 2 rings (SSSR count). The molecule has 0 N–H and O–H groups in total. The number of benzene rings is 2. The number of rotatable bonds is 4. The molecule has 0 heterocycles.